The molecule has 1 unspecified atom stereocenters. The Balaban J connectivity index is 2.44. The second kappa shape index (κ2) is 6.95. The predicted octanol–water partition coefficient (Wildman–Crippen LogP) is 2.68. The Hall–Kier alpha value is -2.50. The molecule has 0 spiro atoms. The van der Waals surface area contributed by atoms with E-state index in [0.717, 1.165) is 28.0 Å². The van der Waals surface area contributed by atoms with Gasteiger partial charge in [0, 0.05) is 12.3 Å². The Morgan fingerprint density at radius 2 is 1.79 bits per heavy atom. The Morgan fingerprint density at radius 3 is 2.33 bits per heavy atom. The zero-order valence-electron chi connectivity index (χ0n) is 14.7. The van der Waals surface area contributed by atoms with Gasteiger partial charge in [-0.2, -0.15) is 0 Å². The average molecular weight is 329 g/mol. The Labute approximate surface area is 141 Å². The molecule has 0 aliphatic carbocycles. The Morgan fingerprint density at radius 1 is 1.21 bits per heavy atom. The number of carbonyl (C=O) groups excluding carboxylic acids is 3. The third-order valence-corrected chi connectivity index (χ3v) is 4.14. The summed E-state index contributed by atoms with van der Waals surface area (Å²) in [7, 11) is 0. The molecule has 2 atom stereocenters. The molecule has 128 valence electrons. The molecule has 0 radical (unpaired) electrons. The van der Waals surface area contributed by atoms with E-state index in [4.69, 9.17) is 0 Å². The van der Waals surface area contributed by atoms with Crippen molar-refractivity contribution in [2.24, 2.45) is 10.9 Å². The highest BCUT2D eigenvalue weighted by Crippen LogP contribution is 2.29. The summed E-state index contributed by atoms with van der Waals surface area (Å²) in [4.78, 5) is 42.4. The number of carbonyl (C=O) groups is 3. The van der Waals surface area contributed by atoms with Gasteiger partial charge in [-0.3, -0.25) is 19.9 Å². The molecular formula is C18H23N3O3. The van der Waals surface area contributed by atoms with Crippen LogP contribution in [0.15, 0.2) is 17.1 Å². The first-order valence-corrected chi connectivity index (χ1v) is 8.06. The SMILES string of the molecule is CC[C@H](C)N=CC1C(=O)NC(=O)N(c2c(C)cc(C)cc2C)C1=O. The number of benzene rings is 1. The van der Waals surface area contributed by atoms with Crippen LogP contribution >= 0.6 is 0 Å². The fourth-order valence-electron chi connectivity index (χ4n) is 2.80. The van der Waals surface area contributed by atoms with Crippen molar-refractivity contribution in [2.75, 3.05) is 4.90 Å². The summed E-state index contributed by atoms with van der Waals surface area (Å²) in [6.07, 6.45) is 2.15. The van der Waals surface area contributed by atoms with Gasteiger partial charge in [0.05, 0.1) is 5.69 Å². The number of anilines is 1. The zero-order valence-corrected chi connectivity index (χ0v) is 14.7. The molecule has 24 heavy (non-hydrogen) atoms. The number of urea groups is 1. The second-order valence-electron chi connectivity index (χ2n) is 6.25. The predicted molar refractivity (Wildman–Crippen MR) is 93.4 cm³/mol. The van der Waals surface area contributed by atoms with Crippen LogP contribution < -0.4 is 10.2 Å². The fraction of sp³-hybridized carbons (Fsp3) is 0.444. The first-order chi connectivity index (χ1) is 11.3. The van der Waals surface area contributed by atoms with Crippen molar-refractivity contribution >= 4 is 29.7 Å². The number of nitrogens with one attached hydrogen (secondary N) is 1. The maximum Gasteiger partial charge on any atom is 0.335 e. The van der Waals surface area contributed by atoms with Crippen LogP contribution in [0.5, 0.6) is 0 Å². The van der Waals surface area contributed by atoms with Crippen molar-refractivity contribution in [3.63, 3.8) is 0 Å². The van der Waals surface area contributed by atoms with Crippen LogP contribution in [0.25, 0.3) is 0 Å². The lowest BCUT2D eigenvalue weighted by molar-refractivity contribution is -0.131. The largest absolute Gasteiger partial charge is 0.335 e. The van der Waals surface area contributed by atoms with Crippen molar-refractivity contribution in [2.45, 2.75) is 47.1 Å². The van der Waals surface area contributed by atoms with Gasteiger partial charge in [-0.05, 0) is 45.2 Å². The average Bonchev–Trinajstić information content (AvgIpc) is 2.48. The molecular weight excluding hydrogens is 306 g/mol. The molecule has 0 bridgehead atoms. The van der Waals surface area contributed by atoms with Crippen LogP contribution in [-0.4, -0.2) is 30.1 Å². The highest BCUT2D eigenvalue weighted by Gasteiger charge is 2.41. The molecule has 6 heteroatoms. The van der Waals surface area contributed by atoms with E-state index in [2.05, 4.69) is 10.3 Å². The maximum absolute atomic E-state index is 12.8. The van der Waals surface area contributed by atoms with Crippen molar-refractivity contribution < 1.29 is 14.4 Å². The van der Waals surface area contributed by atoms with E-state index in [9.17, 15) is 14.4 Å². The van der Waals surface area contributed by atoms with Gasteiger partial charge in [0.15, 0.2) is 5.92 Å². The standard InChI is InChI=1S/C18H23N3O3/c1-6-13(5)19-9-14-16(22)20-18(24)21(17(14)23)15-11(3)7-10(2)8-12(15)4/h7-9,13-14H,6H2,1-5H3,(H,20,22,24)/t13-,14?/m0/s1. The molecule has 1 saturated heterocycles. The van der Waals surface area contributed by atoms with Crippen LogP contribution in [0.3, 0.4) is 0 Å². The highest BCUT2D eigenvalue weighted by molar-refractivity contribution is 6.32. The minimum Gasteiger partial charge on any atom is -0.293 e. The van der Waals surface area contributed by atoms with E-state index >= 15 is 0 Å². The molecule has 1 aliphatic rings. The molecule has 1 heterocycles. The molecule has 6 nitrogen and oxygen atoms in total. The number of nitrogens with zero attached hydrogens (tertiary/aromatic N) is 2. The van der Waals surface area contributed by atoms with E-state index in [1.54, 1.807) is 0 Å². The van der Waals surface area contributed by atoms with Gasteiger partial charge in [-0.25, -0.2) is 9.69 Å². The smallest absolute Gasteiger partial charge is 0.293 e. The van der Waals surface area contributed by atoms with E-state index < -0.39 is 23.8 Å². The van der Waals surface area contributed by atoms with Crippen LogP contribution in [0.2, 0.25) is 0 Å². The molecule has 0 aromatic heterocycles. The number of hydrogen-bond acceptors (Lipinski definition) is 4. The number of aliphatic imine (C=N–C) groups is 1. The second-order valence-corrected chi connectivity index (χ2v) is 6.25. The van der Waals surface area contributed by atoms with Gasteiger partial charge < -0.3 is 0 Å². The molecule has 4 amide bonds. The lowest BCUT2D eigenvalue weighted by Crippen LogP contribution is -2.59. The van der Waals surface area contributed by atoms with Gasteiger partial charge in [0.1, 0.15) is 0 Å². The Bertz CT molecular complexity index is 701. The quantitative estimate of drug-likeness (QED) is 0.681. The van der Waals surface area contributed by atoms with E-state index in [1.165, 1.54) is 6.21 Å². The lowest BCUT2D eigenvalue weighted by atomic mass is 10.0. The monoisotopic (exact) mass is 329 g/mol. The minimum absolute atomic E-state index is 0.0134. The van der Waals surface area contributed by atoms with Crippen molar-refractivity contribution in [3.8, 4) is 0 Å². The molecule has 1 N–H and O–H groups in total. The van der Waals surface area contributed by atoms with Crippen molar-refractivity contribution in [1.29, 1.82) is 0 Å². The minimum atomic E-state index is -1.09. The van der Waals surface area contributed by atoms with Gasteiger partial charge >= 0.3 is 6.03 Å². The van der Waals surface area contributed by atoms with Crippen LogP contribution in [0, 0.1) is 26.7 Å². The molecule has 2 rings (SSSR count). The topological polar surface area (TPSA) is 78.8 Å². The van der Waals surface area contributed by atoms with Gasteiger partial charge in [-0.15, -0.1) is 0 Å². The first-order valence-electron chi connectivity index (χ1n) is 8.06. The number of amides is 4. The number of barbiturate groups is 1. The lowest BCUT2D eigenvalue weighted by Gasteiger charge is -2.31. The van der Waals surface area contributed by atoms with E-state index in [0.29, 0.717) is 5.69 Å². The molecule has 1 aliphatic heterocycles. The first kappa shape index (κ1) is 17.8. The summed E-state index contributed by atoms with van der Waals surface area (Å²) >= 11 is 0. The van der Waals surface area contributed by atoms with Crippen LogP contribution in [-0.2, 0) is 9.59 Å². The molecule has 0 saturated carbocycles. The summed E-state index contributed by atoms with van der Waals surface area (Å²) < 4.78 is 0. The van der Waals surface area contributed by atoms with Gasteiger partial charge in [0.25, 0.3) is 5.91 Å². The normalized spacial score (nSPS) is 19.8. The van der Waals surface area contributed by atoms with Crippen LogP contribution in [0.1, 0.15) is 37.0 Å². The maximum atomic E-state index is 12.8. The number of hydrogen-bond donors (Lipinski definition) is 1. The van der Waals surface area contributed by atoms with Gasteiger partial charge in [0.2, 0.25) is 5.91 Å². The van der Waals surface area contributed by atoms with Crippen molar-refractivity contribution in [3.05, 3.63) is 28.8 Å². The molecule has 1 fully saturated rings. The summed E-state index contributed by atoms with van der Waals surface area (Å²) in [6.45, 7) is 9.51. The summed E-state index contributed by atoms with van der Waals surface area (Å²) in [5, 5.41) is 2.26. The Kier molecular flexibility index (Phi) is 5.17. The fourth-order valence-corrected chi connectivity index (χ4v) is 2.80. The molecule has 1 aromatic carbocycles. The summed E-state index contributed by atoms with van der Waals surface area (Å²) in [6, 6.07) is 3.11. The number of imide groups is 2. The third kappa shape index (κ3) is 3.37. The third-order valence-electron chi connectivity index (χ3n) is 4.14. The summed E-state index contributed by atoms with van der Waals surface area (Å²) in [5.41, 5.74) is 3.19. The molecule has 1 aromatic rings. The zero-order chi connectivity index (χ0) is 18.0. The van der Waals surface area contributed by atoms with Crippen LogP contribution in [0.4, 0.5) is 10.5 Å². The van der Waals surface area contributed by atoms with E-state index in [1.807, 2.05) is 46.8 Å². The van der Waals surface area contributed by atoms with Crippen molar-refractivity contribution in [1.82, 2.24) is 5.32 Å². The number of aryl methyl sites for hydroxylation is 3. The van der Waals surface area contributed by atoms with E-state index in [-0.39, 0.29) is 6.04 Å². The number of rotatable bonds is 4. The van der Waals surface area contributed by atoms with Gasteiger partial charge in [-0.1, -0.05) is 24.6 Å². The summed E-state index contributed by atoms with van der Waals surface area (Å²) in [5.74, 6) is -2.28. The highest BCUT2D eigenvalue weighted by atomic mass is 16.2.